The first-order valence-corrected chi connectivity index (χ1v) is 6.44. The molecule has 0 bridgehead atoms. The molecule has 0 aliphatic rings. The van der Waals surface area contributed by atoms with Gasteiger partial charge in [0, 0.05) is 0 Å². The molecule has 0 fully saturated rings. The highest BCUT2D eigenvalue weighted by molar-refractivity contribution is 7.48. The second kappa shape index (κ2) is 5.89. The van der Waals surface area contributed by atoms with Crippen LogP contribution < -0.4 is 4.52 Å². The van der Waals surface area contributed by atoms with Crippen LogP contribution in [0.15, 0.2) is 24.3 Å². The van der Waals surface area contributed by atoms with E-state index in [1.165, 1.54) is 12.1 Å². The van der Waals surface area contributed by atoms with Gasteiger partial charge in [-0.2, -0.15) is 0 Å². The number of aromatic hydroxyl groups is 1. The van der Waals surface area contributed by atoms with Crippen molar-refractivity contribution in [2.24, 2.45) is 0 Å². The number of phenols is 1. The lowest BCUT2D eigenvalue weighted by atomic mass is 10.3. The molecule has 0 saturated carbocycles. The summed E-state index contributed by atoms with van der Waals surface area (Å²) in [6, 6.07) is 6.20. The molecule has 1 aromatic carbocycles. The average molecular weight is 246 g/mol. The lowest BCUT2D eigenvalue weighted by Gasteiger charge is -2.17. The number of hydrogen-bond acceptors (Lipinski definition) is 5. The summed E-state index contributed by atoms with van der Waals surface area (Å²) in [4.78, 5) is 0. The molecule has 16 heavy (non-hydrogen) atoms. The van der Waals surface area contributed by atoms with Gasteiger partial charge in [-0.25, -0.2) is 4.57 Å². The Morgan fingerprint density at radius 1 is 1.19 bits per heavy atom. The first-order valence-electron chi connectivity index (χ1n) is 4.98. The summed E-state index contributed by atoms with van der Waals surface area (Å²) >= 11 is 0. The zero-order valence-electron chi connectivity index (χ0n) is 9.25. The van der Waals surface area contributed by atoms with Crippen molar-refractivity contribution in [1.29, 1.82) is 0 Å². The highest BCUT2D eigenvalue weighted by atomic mass is 31.2. The van der Waals surface area contributed by atoms with E-state index >= 15 is 0 Å². The molecule has 6 heteroatoms. The van der Waals surface area contributed by atoms with Gasteiger partial charge in [0.15, 0.2) is 11.5 Å². The van der Waals surface area contributed by atoms with E-state index in [1.807, 2.05) is 0 Å². The summed E-state index contributed by atoms with van der Waals surface area (Å²) in [6.45, 7) is 3.76. The van der Waals surface area contributed by atoms with Gasteiger partial charge in [-0.3, -0.25) is 9.05 Å². The zero-order valence-corrected chi connectivity index (χ0v) is 10.1. The molecule has 1 rings (SSSR count). The van der Waals surface area contributed by atoms with Crippen LogP contribution in [0.4, 0.5) is 0 Å². The number of rotatable bonds is 6. The smallest absolute Gasteiger partial charge is 0.504 e. The molecule has 0 spiro atoms. The fraction of sp³-hybridized carbons (Fsp3) is 0.400. The highest BCUT2D eigenvalue weighted by Crippen LogP contribution is 2.50. The maximum absolute atomic E-state index is 12.0. The van der Waals surface area contributed by atoms with Gasteiger partial charge in [-0.15, -0.1) is 0 Å². The van der Waals surface area contributed by atoms with E-state index < -0.39 is 7.82 Å². The maximum Gasteiger partial charge on any atom is 0.530 e. The van der Waals surface area contributed by atoms with Crippen LogP contribution in [-0.4, -0.2) is 18.3 Å². The predicted octanol–water partition coefficient (Wildman–Crippen LogP) is 2.95. The Morgan fingerprint density at radius 3 is 2.25 bits per heavy atom. The maximum atomic E-state index is 12.0. The second-order valence-electron chi connectivity index (χ2n) is 2.84. The quantitative estimate of drug-likeness (QED) is 0.781. The van der Waals surface area contributed by atoms with Crippen molar-refractivity contribution in [2.75, 3.05) is 13.2 Å². The minimum Gasteiger partial charge on any atom is -0.504 e. The minimum atomic E-state index is -3.63. The molecule has 5 nitrogen and oxygen atoms in total. The van der Waals surface area contributed by atoms with Crippen molar-refractivity contribution in [1.82, 2.24) is 0 Å². The van der Waals surface area contributed by atoms with Crippen LogP contribution in [0.2, 0.25) is 0 Å². The van der Waals surface area contributed by atoms with Gasteiger partial charge < -0.3 is 9.63 Å². The van der Waals surface area contributed by atoms with Crippen molar-refractivity contribution >= 4 is 7.82 Å². The molecule has 1 N–H and O–H groups in total. The van der Waals surface area contributed by atoms with Crippen LogP contribution in [0, 0.1) is 0 Å². The van der Waals surface area contributed by atoms with Crippen LogP contribution in [0.3, 0.4) is 0 Å². The van der Waals surface area contributed by atoms with Gasteiger partial charge in [-0.1, -0.05) is 12.1 Å². The van der Waals surface area contributed by atoms with Crippen molar-refractivity contribution in [2.45, 2.75) is 13.8 Å². The largest absolute Gasteiger partial charge is 0.530 e. The second-order valence-corrected chi connectivity index (χ2v) is 4.44. The summed E-state index contributed by atoms with van der Waals surface area (Å²) in [7, 11) is -3.63. The number of benzene rings is 1. The molecule has 90 valence electrons. The third-order valence-electron chi connectivity index (χ3n) is 1.65. The van der Waals surface area contributed by atoms with Crippen molar-refractivity contribution < 1.29 is 23.2 Å². The standard InChI is InChI=1S/C10H15O5P/c1-3-13-16(12,14-4-2)15-10-8-6-5-7-9(10)11/h5-8,11H,3-4H2,1-2H3. The van der Waals surface area contributed by atoms with E-state index in [0.717, 1.165) is 0 Å². The Kier molecular flexibility index (Phi) is 4.80. The lowest BCUT2D eigenvalue weighted by Crippen LogP contribution is -2.02. The Morgan fingerprint density at radius 2 is 1.75 bits per heavy atom. The number of phenolic OH excluding ortho intramolecular Hbond substituents is 1. The molecule has 0 saturated heterocycles. The summed E-state index contributed by atoms with van der Waals surface area (Å²) in [6.07, 6.45) is 0. The third-order valence-corrected chi connectivity index (χ3v) is 3.22. The van der Waals surface area contributed by atoms with Gasteiger partial charge >= 0.3 is 7.82 Å². The molecule has 0 atom stereocenters. The van der Waals surface area contributed by atoms with Crippen LogP contribution >= 0.6 is 7.82 Å². The van der Waals surface area contributed by atoms with E-state index in [4.69, 9.17) is 13.6 Å². The molecule has 0 aromatic heterocycles. The summed E-state index contributed by atoms with van der Waals surface area (Å²) < 4.78 is 26.9. The summed E-state index contributed by atoms with van der Waals surface area (Å²) in [5.41, 5.74) is 0. The Hall–Kier alpha value is -1.03. The number of phosphoric ester groups is 1. The SMILES string of the molecule is CCOP(=O)(OCC)Oc1ccccc1O. The van der Waals surface area contributed by atoms with Gasteiger partial charge in [0.05, 0.1) is 13.2 Å². The van der Waals surface area contributed by atoms with Crippen molar-refractivity contribution in [3.05, 3.63) is 24.3 Å². The number of para-hydroxylation sites is 2. The summed E-state index contributed by atoms with van der Waals surface area (Å²) in [5, 5.41) is 9.45. The first kappa shape index (κ1) is 13.0. The van der Waals surface area contributed by atoms with E-state index in [2.05, 4.69) is 0 Å². The Labute approximate surface area is 94.6 Å². The average Bonchev–Trinajstić information content (AvgIpc) is 2.22. The third kappa shape index (κ3) is 3.52. The normalized spacial score (nSPS) is 11.4. The molecule has 0 amide bonds. The molecule has 0 heterocycles. The van der Waals surface area contributed by atoms with Gasteiger partial charge in [0.25, 0.3) is 0 Å². The van der Waals surface area contributed by atoms with Gasteiger partial charge in [0.2, 0.25) is 0 Å². The first-order chi connectivity index (χ1) is 7.61. The summed E-state index contributed by atoms with van der Waals surface area (Å²) in [5.74, 6) is -0.0325. The van der Waals surface area contributed by atoms with Crippen LogP contribution in [0.1, 0.15) is 13.8 Å². The Bertz CT molecular complexity index is 369. The van der Waals surface area contributed by atoms with Crippen LogP contribution in [0.25, 0.3) is 0 Å². The number of hydrogen-bond donors (Lipinski definition) is 1. The van der Waals surface area contributed by atoms with E-state index in [0.29, 0.717) is 0 Å². The van der Waals surface area contributed by atoms with Crippen LogP contribution in [-0.2, 0) is 13.6 Å². The van der Waals surface area contributed by atoms with Crippen molar-refractivity contribution in [3.8, 4) is 11.5 Å². The molecule has 0 aliphatic carbocycles. The molecule has 0 aliphatic heterocycles. The highest BCUT2D eigenvalue weighted by Gasteiger charge is 2.28. The molecule has 0 unspecified atom stereocenters. The van der Waals surface area contributed by atoms with Gasteiger partial charge in [0.1, 0.15) is 0 Å². The van der Waals surface area contributed by atoms with E-state index in [-0.39, 0.29) is 24.7 Å². The molecular weight excluding hydrogens is 231 g/mol. The molecule has 0 radical (unpaired) electrons. The Balaban J connectivity index is 2.83. The zero-order chi connectivity index (χ0) is 12.0. The van der Waals surface area contributed by atoms with Crippen molar-refractivity contribution in [3.63, 3.8) is 0 Å². The minimum absolute atomic E-state index is 0.0766. The fourth-order valence-corrected chi connectivity index (χ4v) is 2.27. The predicted molar refractivity (Wildman–Crippen MR) is 59.6 cm³/mol. The van der Waals surface area contributed by atoms with E-state index in [1.54, 1.807) is 26.0 Å². The van der Waals surface area contributed by atoms with E-state index in [9.17, 15) is 9.67 Å². The topological polar surface area (TPSA) is 65.0 Å². The monoisotopic (exact) mass is 246 g/mol. The van der Waals surface area contributed by atoms with Crippen LogP contribution in [0.5, 0.6) is 11.5 Å². The molecule has 1 aromatic rings. The number of phosphoric acid groups is 1. The fourth-order valence-electron chi connectivity index (χ4n) is 1.06. The van der Waals surface area contributed by atoms with Gasteiger partial charge in [-0.05, 0) is 26.0 Å². The molecular formula is C10H15O5P. The lowest BCUT2D eigenvalue weighted by molar-refractivity contribution is 0.166.